The van der Waals surface area contributed by atoms with Crippen LogP contribution in [0.25, 0.3) is 0 Å². The largest absolute Gasteiger partial charge is 0.459 e. The van der Waals surface area contributed by atoms with Gasteiger partial charge in [0.05, 0.1) is 17.7 Å². The van der Waals surface area contributed by atoms with Gasteiger partial charge in [0.15, 0.2) is 5.78 Å². The molecule has 194 valence electrons. The van der Waals surface area contributed by atoms with Crippen molar-refractivity contribution in [3.8, 4) is 0 Å². The SMILES string of the molecule is C=C=C(CCC(=O)[C@@H]1CC[C@@H](CCCCCCCCC)N1C(=O)OC(C)(C)C)C(=O)OC(C)C. The highest BCUT2D eigenvalue weighted by molar-refractivity contribution is 5.92. The van der Waals surface area contributed by atoms with Gasteiger partial charge in [-0.05, 0) is 60.3 Å². The van der Waals surface area contributed by atoms with Crippen molar-refractivity contribution in [1.29, 1.82) is 0 Å². The van der Waals surface area contributed by atoms with E-state index >= 15 is 0 Å². The van der Waals surface area contributed by atoms with Crippen LogP contribution in [0.15, 0.2) is 17.9 Å². The van der Waals surface area contributed by atoms with Crippen LogP contribution in [0.5, 0.6) is 0 Å². The Bertz CT molecular complexity index is 715. The zero-order chi connectivity index (χ0) is 25.7. The molecule has 1 saturated heterocycles. The number of carbonyl (C=O) groups excluding carboxylic acids is 3. The van der Waals surface area contributed by atoms with Crippen LogP contribution in [0, 0.1) is 0 Å². The van der Waals surface area contributed by atoms with E-state index in [2.05, 4.69) is 19.2 Å². The van der Waals surface area contributed by atoms with Crippen molar-refractivity contribution in [3.63, 3.8) is 0 Å². The number of hydrogen-bond acceptors (Lipinski definition) is 5. The summed E-state index contributed by atoms with van der Waals surface area (Å²) in [4.78, 5) is 40.1. The third-order valence-corrected chi connectivity index (χ3v) is 6.04. The van der Waals surface area contributed by atoms with Gasteiger partial charge >= 0.3 is 12.1 Å². The lowest BCUT2D eigenvalue weighted by Gasteiger charge is -2.32. The third-order valence-electron chi connectivity index (χ3n) is 6.04. The van der Waals surface area contributed by atoms with E-state index in [1.807, 2.05) is 20.8 Å². The summed E-state index contributed by atoms with van der Waals surface area (Å²) in [7, 11) is 0. The Morgan fingerprint density at radius 3 is 2.18 bits per heavy atom. The average molecular weight is 478 g/mol. The number of nitrogens with zero attached hydrogens (tertiary/aromatic N) is 1. The van der Waals surface area contributed by atoms with Crippen LogP contribution in [-0.4, -0.2) is 46.5 Å². The molecule has 0 aromatic rings. The van der Waals surface area contributed by atoms with E-state index in [0.29, 0.717) is 6.42 Å². The summed E-state index contributed by atoms with van der Waals surface area (Å²) in [6.45, 7) is 14.8. The number of rotatable bonds is 14. The van der Waals surface area contributed by atoms with E-state index in [-0.39, 0.29) is 36.3 Å². The van der Waals surface area contributed by atoms with Crippen LogP contribution in [-0.2, 0) is 19.1 Å². The summed E-state index contributed by atoms with van der Waals surface area (Å²) in [6, 6.07) is -0.503. The minimum Gasteiger partial charge on any atom is -0.459 e. The molecule has 0 saturated carbocycles. The highest BCUT2D eigenvalue weighted by atomic mass is 16.6. The van der Waals surface area contributed by atoms with Gasteiger partial charge in [-0.25, -0.2) is 9.59 Å². The standard InChI is InChI=1S/C28H47NO5/c1-8-10-11-12-13-14-15-16-23-18-19-24(29(23)27(32)34-28(5,6)7)25(30)20-17-22(9-2)26(31)33-21(3)4/h21,23-24H,2,8,10-20H2,1,3-7H3/t23-,24+/m1/s1. The normalized spacial score (nSPS) is 18.0. The molecule has 0 spiro atoms. The molecule has 2 atom stereocenters. The molecule has 0 N–H and O–H groups in total. The van der Waals surface area contributed by atoms with Crippen LogP contribution in [0.3, 0.4) is 0 Å². The first kappa shape index (κ1) is 30.0. The van der Waals surface area contributed by atoms with Crippen molar-refractivity contribution in [3.05, 3.63) is 17.9 Å². The number of carbonyl (C=O) groups is 3. The molecular weight excluding hydrogens is 430 g/mol. The number of unbranched alkanes of at least 4 members (excludes halogenated alkanes) is 6. The monoisotopic (exact) mass is 477 g/mol. The summed E-state index contributed by atoms with van der Waals surface area (Å²) < 4.78 is 10.9. The van der Waals surface area contributed by atoms with E-state index in [0.717, 1.165) is 25.7 Å². The van der Waals surface area contributed by atoms with E-state index in [4.69, 9.17) is 9.47 Å². The van der Waals surface area contributed by atoms with Gasteiger partial charge in [0.25, 0.3) is 0 Å². The molecule has 1 aliphatic heterocycles. The first-order chi connectivity index (χ1) is 16.0. The van der Waals surface area contributed by atoms with E-state index in [9.17, 15) is 14.4 Å². The Morgan fingerprint density at radius 1 is 1.00 bits per heavy atom. The number of ketones is 1. The molecule has 1 amide bonds. The van der Waals surface area contributed by atoms with Gasteiger partial charge in [-0.15, -0.1) is 5.73 Å². The number of Topliss-reactive ketones (excluding diaryl/α,β-unsaturated/α-hetero) is 1. The second kappa shape index (κ2) is 15.0. The second-order valence-electron chi connectivity index (χ2n) is 10.6. The fourth-order valence-electron chi connectivity index (χ4n) is 4.37. The Kier molecular flexibility index (Phi) is 13.2. The predicted molar refractivity (Wildman–Crippen MR) is 136 cm³/mol. The zero-order valence-electron chi connectivity index (χ0n) is 22.4. The van der Waals surface area contributed by atoms with Crippen LogP contribution in [0.2, 0.25) is 0 Å². The highest BCUT2D eigenvalue weighted by Crippen LogP contribution is 2.31. The molecule has 0 aromatic heterocycles. The van der Waals surface area contributed by atoms with Crippen LogP contribution < -0.4 is 0 Å². The summed E-state index contributed by atoms with van der Waals surface area (Å²) in [5.41, 5.74) is 2.25. The van der Waals surface area contributed by atoms with Gasteiger partial charge in [-0.1, -0.05) is 58.4 Å². The van der Waals surface area contributed by atoms with Gasteiger partial charge in [-0.2, -0.15) is 0 Å². The smallest absolute Gasteiger partial charge is 0.411 e. The minimum absolute atomic E-state index is 0.0137. The van der Waals surface area contributed by atoms with Crippen LogP contribution in [0.4, 0.5) is 4.79 Å². The lowest BCUT2D eigenvalue weighted by atomic mass is 10.0. The fraction of sp³-hybridized carbons (Fsp3) is 0.786. The maximum atomic E-state index is 13.2. The Morgan fingerprint density at radius 2 is 1.62 bits per heavy atom. The third kappa shape index (κ3) is 10.9. The molecule has 1 heterocycles. The van der Waals surface area contributed by atoms with Gasteiger partial charge in [-0.3, -0.25) is 9.69 Å². The Balaban J connectivity index is 2.77. The molecule has 0 unspecified atom stereocenters. The average Bonchev–Trinajstić information content (AvgIpc) is 3.16. The Labute approximate surface area is 207 Å². The molecule has 0 aliphatic carbocycles. The molecule has 34 heavy (non-hydrogen) atoms. The van der Waals surface area contributed by atoms with Gasteiger partial charge < -0.3 is 9.47 Å². The fourth-order valence-corrected chi connectivity index (χ4v) is 4.37. The van der Waals surface area contributed by atoms with Gasteiger partial charge in [0.1, 0.15) is 5.60 Å². The van der Waals surface area contributed by atoms with Gasteiger partial charge in [0.2, 0.25) is 0 Å². The number of hydrogen-bond donors (Lipinski definition) is 0. The topological polar surface area (TPSA) is 72.9 Å². The molecular formula is C28H47NO5. The predicted octanol–water partition coefficient (Wildman–Crippen LogP) is 6.91. The highest BCUT2D eigenvalue weighted by Gasteiger charge is 2.42. The summed E-state index contributed by atoms with van der Waals surface area (Å²) >= 11 is 0. The Hall–Kier alpha value is -2.07. The second-order valence-corrected chi connectivity index (χ2v) is 10.6. The van der Waals surface area contributed by atoms with E-state index < -0.39 is 23.7 Å². The van der Waals surface area contributed by atoms with Crippen molar-refractivity contribution in [2.45, 2.75) is 142 Å². The molecule has 1 fully saturated rings. The number of likely N-dealkylation sites (tertiary alicyclic amines) is 1. The minimum atomic E-state index is -0.629. The molecule has 0 bridgehead atoms. The van der Waals surface area contributed by atoms with E-state index in [1.165, 1.54) is 32.1 Å². The molecule has 6 heteroatoms. The van der Waals surface area contributed by atoms with Crippen molar-refractivity contribution in [1.82, 2.24) is 4.90 Å². The lowest BCUT2D eigenvalue weighted by molar-refractivity contribution is -0.142. The molecule has 1 rings (SSSR count). The van der Waals surface area contributed by atoms with Crippen molar-refractivity contribution in [2.24, 2.45) is 0 Å². The maximum Gasteiger partial charge on any atom is 0.411 e. The number of esters is 1. The molecule has 0 radical (unpaired) electrons. The zero-order valence-corrected chi connectivity index (χ0v) is 22.4. The number of ether oxygens (including phenoxy) is 2. The summed E-state index contributed by atoms with van der Waals surface area (Å²) in [6.07, 6.45) is 10.4. The quantitative estimate of drug-likeness (QED) is 0.118. The molecule has 6 nitrogen and oxygen atoms in total. The summed E-state index contributed by atoms with van der Waals surface area (Å²) in [5, 5.41) is 0. The van der Waals surface area contributed by atoms with Crippen molar-refractivity contribution in [2.75, 3.05) is 0 Å². The first-order valence-electron chi connectivity index (χ1n) is 13.1. The van der Waals surface area contributed by atoms with Crippen LogP contribution in [0.1, 0.15) is 119 Å². The molecule has 1 aliphatic rings. The summed E-state index contributed by atoms with van der Waals surface area (Å²) in [5.74, 6) is -0.553. The first-order valence-corrected chi connectivity index (χ1v) is 13.1. The van der Waals surface area contributed by atoms with E-state index in [1.54, 1.807) is 18.7 Å². The van der Waals surface area contributed by atoms with Crippen molar-refractivity contribution < 1.29 is 23.9 Å². The lowest BCUT2D eigenvalue weighted by Crippen LogP contribution is -2.47. The van der Waals surface area contributed by atoms with Crippen molar-refractivity contribution >= 4 is 17.8 Å². The van der Waals surface area contributed by atoms with Crippen LogP contribution >= 0.6 is 0 Å². The molecule has 0 aromatic carbocycles. The van der Waals surface area contributed by atoms with Gasteiger partial charge in [0, 0.05) is 12.5 Å². The maximum absolute atomic E-state index is 13.2. The number of amides is 1.